The first kappa shape index (κ1) is 6.16. The molecule has 0 saturated heterocycles. The summed E-state index contributed by atoms with van der Waals surface area (Å²) in [5.41, 5.74) is 0. The molecule has 4 heteroatoms. The van der Waals surface area contributed by atoms with Gasteiger partial charge in [0.05, 0.1) is 16.9 Å². The van der Waals surface area contributed by atoms with E-state index in [1.54, 1.807) is 6.07 Å². The smallest absolute Gasteiger partial charge is 0.140 e. The lowest BCUT2D eigenvalue weighted by molar-refractivity contribution is -0.114. The Morgan fingerprint density at radius 2 is 2.67 bits per heavy atom. The van der Waals surface area contributed by atoms with Gasteiger partial charge in [0.15, 0.2) is 0 Å². The van der Waals surface area contributed by atoms with Gasteiger partial charge in [0.2, 0.25) is 0 Å². The van der Waals surface area contributed by atoms with Crippen LogP contribution in [0.2, 0.25) is 0 Å². The van der Waals surface area contributed by atoms with E-state index in [1.807, 2.05) is 0 Å². The molecule has 1 rings (SSSR count). The summed E-state index contributed by atoms with van der Waals surface area (Å²) < 4.78 is 26.5. The van der Waals surface area contributed by atoms with Crippen LogP contribution in [-0.4, -0.2) is 11.5 Å². The number of aryl methyl sites for hydroxylation is 1. The second kappa shape index (κ2) is 4.62. The Bertz CT molecular complexity index is 346. The molecule has 0 atom stereocenters. The maximum atomic E-state index is 10.7. The third-order valence-electron chi connectivity index (χ3n) is 1.04. The Hall–Kier alpha value is -0.350. The molecule has 0 aromatic carbocycles. The first-order valence-corrected chi connectivity index (χ1v) is 5.60. The van der Waals surface area contributed by atoms with Crippen LogP contribution in [0.15, 0.2) is 21.6 Å². The van der Waals surface area contributed by atoms with Crippen molar-refractivity contribution >= 4 is 27.4 Å². The van der Waals surface area contributed by atoms with Crippen LogP contribution in [0, 0.1) is 6.85 Å². The fraction of sp³-hybridized carbons (Fsp3) is 0.375. The van der Waals surface area contributed by atoms with Crippen LogP contribution in [0.1, 0.15) is 16.8 Å². The minimum atomic E-state index is -2.23. The minimum absolute atomic E-state index is 0.0106. The molecule has 0 fully saturated rings. The van der Waals surface area contributed by atoms with Gasteiger partial charge in [-0.15, -0.1) is 0 Å². The summed E-state index contributed by atoms with van der Waals surface area (Å²) >= 11 is 0. The molecular formula is C8H10O2S2. The van der Waals surface area contributed by atoms with Gasteiger partial charge >= 0.3 is 0 Å². The van der Waals surface area contributed by atoms with Crippen LogP contribution in [0.25, 0.3) is 0 Å². The van der Waals surface area contributed by atoms with Gasteiger partial charge in [0.1, 0.15) is 11.5 Å². The van der Waals surface area contributed by atoms with Crippen LogP contribution in [0.4, 0.5) is 0 Å². The van der Waals surface area contributed by atoms with E-state index in [0.717, 1.165) is 0 Å². The van der Waals surface area contributed by atoms with Gasteiger partial charge in [-0.2, -0.15) is 0 Å². The highest BCUT2D eigenvalue weighted by Gasteiger charge is 2.02. The van der Waals surface area contributed by atoms with Gasteiger partial charge in [-0.1, -0.05) is 21.6 Å². The maximum absolute atomic E-state index is 10.7. The molecule has 0 amide bonds. The fourth-order valence-corrected chi connectivity index (χ4v) is 2.58. The topological polar surface area (TPSA) is 30.2 Å². The lowest BCUT2D eigenvalue weighted by Gasteiger charge is -1.95. The van der Waals surface area contributed by atoms with Gasteiger partial charge in [-0.05, 0) is 19.8 Å². The van der Waals surface area contributed by atoms with Gasteiger partial charge in [-0.3, -0.25) is 4.79 Å². The van der Waals surface area contributed by atoms with E-state index in [0.29, 0.717) is 10.6 Å². The van der Waals surface area contributed by atoms with Crippen molar-refractivity contribution in [1.29, 1.82) is 0 Å². The largest absolute Gasteiger partial charge is 0.468 e. The molecule has 2 nitrogen and oxygen atoms in total. The first-order chi connectivity index (χ1) is 6.91. The first-order valence-electron chi connectivity index (χ1n) is 4.78. The summed E-state index contributed by atoms with van der Waals surface area (Å²) in [7, 11) is 2.56. The number of rotatable bonds is 4. The maximum Gasteiger partial charge on any atom is 0.140 e. The van der Waals surface area contributed by atoms with E-state index >= 15 is 0 Å². The number of hydrogen-bond acceptors (Lipinski definition) is 4. The number of carbonyl (C=O) groups is 1. The summed E-state index contributed by atoms with van der Waals surface area (Å²) in [6.45, 7) is -0.740. The quantitative estimate of drug-likeness (QED) is 0.707. The fourth-order valence-electron chi connectivity index (χ4n) is 0.539. The molecular weight excluding hydrogens is 192 g/mol. The molecule has 12 heavy (non-hydrogen) atoms. The van der Waals surface area contributed by atoms with Crippen LogP contribution in [-0.2, 0) is 4.79 Å². The molecule has 0 radical (unpaired) electrons. The third kappa shape index (κ3) is 2.95. The number of carbonyl (C=O) groups excluding carboxylic acids is 1. The van der Waals surface area contributed by atoms with Crippen molar-refractivity contribution in [3.8, 4) is 0 Å². The number of Topliss-reactive ketones (excluding diaryl/α,β-unsaturated/α-hetero) is 1. The van der Waals surface area contributed by atoms with Crippen molar-refractivity contribution in [3.05, 3.63) is 18.1 Å². The van der Waals surface area contributed by atoms with Crippen molar-refractivity contribution in [1.82, 2.24) is 0 Å². The highest BCUT2D eigenvalue weighted by atomic mass is 33.1. The van der Waals surface area contributed by atoms with Crippen molar-refractivity contribution in [2.24, 2.45) is 0 Å². The molecule has 0 saturated carbocycles. The molecule has 0 aliphatic heterocycles. The van der Waals surface area contributed by atoms with Crippen LogP contribution >= 0.6 is 21.6 Å². The molecule has 0 bridgehead atoms. The zero-order valence-electron chi connectivity index (χ0n) is 9.49. The minimum Gasteiger partial charge on any atom is -0.468 e. The van der Waals surface area contributed by atoms with Crippen LogP contribution in [0.3, 0.4) is 0 Å². The van der Waals surface area contributed by atoms with Gasteiger partial charge in [0, 0.05) is 4.11 Å². The summed E-state index contributed by atoms with van der Waals surface area (Å²) in [6.07, 6.45) is 1.35. The Labute approximate surface area is 83.7 Å². The van der Waals surface area contributed by atoms with Crippen LogP contribution in [0.5, 0.6) is 0 Å². The molecule has 1 aromatic rings. The Balaban J connectivity index is 2.62. The van der Waals surface area contributed by atoms with E-state index in [2.05, 4.69) is 0 Å². The van der Waals surface area contributed by atoms with Crippen molar-refractivity contribution < 1.29 is 13.3 Å². The molecule has 0 N–H and O–H groups in total. The molecule has 1 heterocycles. The lowest BCUT2D eigenvalue weighted by atomic mass is 10.5. The summed E-state index contributed by atoms with van der Waals surface area (Å²) in [5.74, 6) is 0.408. The summed E-state index contributed by atoms with van der Waals surface area (Å²) in [5, 5.41) is 0. The number of hydrogen-bond donors (Lipinski definition) is 0. The zero-order valence-corrected chi connectivity index (χ0v) is 8.13. The summed E-state index contributed by atoms with van der Waals surface area (Å²) in [4.78, 5) is 11.2. The van der Waals surface area contributed by atoms with E-state index < -0.39 is 6.85 Å². The normalized spacial score (nSPS) is 14.9. The van der Waals surface area contributed by atoms with Gasteiger partial charge < -0.3 is 4.42 Å². The Morgan fingerprint density at radius 3 is 3.33 bits per heavy atom. The lowest BCUT2D eigenvalue weighted by Crippen LogP contribution is -1.90. The standard InChI is InChI=1S/C8H10O2S2/c1-6(9)5-11-12-8-3-4-10-7(8)2/h3-4H,5H2,1-2H3/i2D3. The zero-order chi connectivity index (χ0) is 11.5. The monoisotopic (exact) mass is 205 g/mol. The highest BCUT2D eigenvalue weighted by Crippen LogP contribution is 2.33. The molecule has 0 unspecified atom stereocenters. The molecule has 0 spiro atoms. The van der Waals surface area contributed by atoms with Crippen molar-refractivity contribution in [3.63, 3.8) is 0 Å². The second-order valence-corrected chi connectivity index (χ2v) is 4.50. The van der Waals surface area contributed by atoms with E-state index in [-0.39, 0.29) is 11.5 Å². The second-order valence-electron chi connectivity index (χ2n) is 2.16. The number of furan rings is 1. The molecule has 0 aliphatic rings. The van der Waals surface area contributed by atoms with E-state index in [1.165, 1.54) is 34.8 Å². The predicted molar refractivity (Wildman–Crippen MR) is 52.4 cm³/mol. The molecule has 66 valence electrons. The van der Waals surface area contributed by atoms with Crippen LogP contribution < -0.4 is 0 Å². The Morgan fingerprint density at radius 1 is 1.83 bits per heavy atom. The van der Waals surface area contributed by atoms with Crippen molar-refractivity contribution in [2.45, 2.75) is 18.7 Å². The Kier molecular flexibility index (Phi) is 2.37. The molecule has 1 aromatic heterocycles. The van der Waals surface area contributed by atoms with E-state index in [4.69, 9.17) is 8.53 Å². The highest BCUT2D eigenvalue weighted by molar-refractivity contribution is 8.76. The number of ketones is 1. The average molecular weight is 205 g/mol. The predicted octanol–water partition coefficient (Wildman–Crippen LogP) is 2.92. The third-order valence-corrected chi connectivity index (χ3v) is 3.43. The average Bonchev–Trinajstić information content (AvgIpc) is 2.50. The molecule has 0 aliphatic carbocycles. The summed E-state index contributed by atoms with van der Waals surface area (Å²) in [6, 6.07) is 1.60. The van der Waals surface area contributed by atoms with E-state index in [9.17, 15) is 4.79 Å². The van der Waals surface area contributed by atoms with Crippen molar-refractivity contribution in [2.75, 3.05) is 5.75 Å². The SMILES string of the molecule is [2H]C([2H])([2H])c1occc1SSCC(C)=O. The van der Waals surface area contributed by atoms with Gasteiger partial charge in [0.25, 0.3) is 0 Å². The van der Waals surface area contributed by atoms with Gasteiger partial charge in [-0.25, -0.2) is 0 Å².